The molecule has 0 aromatic heterocycles. The number of para-hydroxylation sites is 1. The van der Waals surface area contributed by atoms with Crippen LogP contribution in [0.5, 0.6) is 0 Å². The maximum atomic E-state index is 12.5. The third-order valence-corrected chi connectivity index (χ3v) is 4.74. The number of carbonyl (C=O) groups excluding carboxylic acids is 1. The van der Waals surface area contributed by atoms with Crippen molar-refractivity contribution in [2.75, 3.05) is 5.32 Å². The lowest BCUT2D eigenvalue weighted by atomic mass is 9.98. The first-order chi connectivity index (χ1) is 13.3. The molecular weight excluding hydrogens is 342 g/mol. The fourth-order valence-corrected chi connectivity index (χ4v) is 2.70. The van der Waals surface area contributed by atoms with Crippen LogP contribution in [-0.2, 0) is 4.79 Å². The molecular formula is C26H33NO. The molecule has 0 aliphatic heterocycles. The monoisotopic (exact) mass is 375 g/mol. The number of allylic oxidation sites excluding steroid dienone is 10. The first-order valence-electron chi connectivity index (χ1n) is 9.65. The Labute approximate surface area is 170 Å². The van der Waals surface area contributed by atoms with Crippen molar-refractivity contribution in [2.24, 2.45) is 0 Å². The molecule has 0 atom stereocenters. The highest BCUT2D eigenvalue weighted by Gasteiger charge is 2.09. The van der Waals surface area contributed by atoms with Gasteiger partial charge < -0.3 is 5.32 Å². The summed E-state index contributed by atoms with van der Waals surface area (Å²) >= 11 is 0. The molecule has 0 unspecified atom stereocenters. The molecule has 0 aliphatic carbocycles. The minimum atomic E-state index is -0.00668. The zero-order chi connectivity index (χ0) is 21.1. The van der Waals surface area contributed by atoms with Gasteiger partial charge in [0.2, 0.25) is 5.91 Å². The molecule has 2 nitrogen and oxygen atoms in total. The van der Waals surface area contributed by atoms with Gasteiger partial charge in [0.05, 0.1) is 0 Å². The van der Waals surface area contributed by atoms with E-state index in [0.29, 0.717) is 12.8 Å². The lowest BCUT2D eigenvalue weighted by Crippen LogP contribution is -2.12. The van der Waals surface area contributed by atoms with E-state index in [4.69, 9.17) is 0 Å². The molecule has 2 heteroatoms. The summed E-state index contributed by atoms with van der Waals surface area (Å²) < 4.78 is 0. The molecule has 1 aromatic carbocycles. The number of amides is 1. The van der Waals surface area contributed by atoms with Crippen molar-refractivity contribution < 1.29 is 4.79 Å². The summed E-state index contributed by atoms with van der Waals surface area (Å²) in [6.07, 6.45) is 10.8. The number of nitrogens with one attached hydrogen (secondary N) is 1. The highest BCUT2D eigenvalue weighted by atomic mass is 16.1. The van der Waals surface area contributed by atoms with Crippen LogP contribution in [0.1, 0.15) is 53.0 Å². The highest BCUT2D eigenvalue weighted by molar-refractivity contribution is 5.95. The van der Waals surface area contributed by atoms with E-state index in [0.717, 1.165) is 22.4 Å². The Morgan fingerprint density at radius 3 is 2.39 bits per heavy atom. The van der Waals surface area contributed by atoms with Crippen molar-refractivity contribution in [3.05, 3.63) is 95.7 Å². The van der Waals surface area contributed by atoms with Crippen molar-refractivity contribution in [1.82, 2.24) is 0 Å². The van der Waals surface area contributed by atoms with Crippen molar-refractivity contribution in [3.63, 3.8) is 0 Å². The van der Waals surface area contributed by atoms with Crippen molar-refractivity contribution >= 4 is 17.2 Å². The van der Waals surface area contributed by atoms with Crippen LogP contribution in [0.3, 0.4) is 0 Å². The lowest BCUT2D eigenvalue weighted by molar-refractivity contribution is -0.116. The van der Waals surface area contributed by atoms with Gasteiger partial charge in [0.1, 0.15) is 0 Å². The lowest BCUT2D eigenvalue weighted by Gasteiger charge is -2.13. The molecule has 1 N–H and O–H groups in total. The first kappa shape index (κ1) is 23.2. The van der Waals surface area contributed by atoms with E-state index >= 15 is 0 Å². The molecule has 28 heavy (non-hydrogen) atoms. The summed E-state index contributed by atoms with van der Waals surface area (Å²) in [5.41, 5.74) is 7.45. The molecule has 148 valence electrons. The Kier molecular flexibility index (Phi) is 9.73. The van der Waals surface area contributed by atoms with Crippen LogP contribution >= 0.6 is 0 Å². The molecule has 0 saturated carbocycles. The van der Waals surface area contributed by atoms with Crippen molar-refractivity contribution in [2.45, 2.75) is 47.5 Å². The maximum Gasteiger partial charge on any atom is 0.224 e. The van der Waals surface area contributed by atoms with Gasteiger partial charge in [-0.2, -0.15) is 0 Å². The van der Waals surface area contributed by atoms with Gasteiger partial charge >= 0.3 is 0 Å². The summed E-state index contributed by atoms with van der Waals surface area (Å²) in [4.78, 5) is 12.5. The van der Waals surface area contributed by atoms with E-state index in [1.54, 1.807) is 6.08 Å². The topological polar surface area (TPSA) is 29.1 Å². The number of anilines is 1. The average Bonchev–Trinajstić information content (AvgIpc) is 2.67. The second-order valence-electron chi connectivity index (χ2n) is 7.03. The van der Waals surface area contributed by atoms with E-state index in [2.05, 4.69) is 52.2 Å². The third-order valence-electron chi connectivity index (χ3n) is 4.74. The van der Waals surface area contributed by atoms with Crippen LogP contribution in [0.25, 0.3) is 5.57 Å². The molecule has 0 saturated heterocycles. The van der Waals surface area contributed by atoms with Crippen molar-refractivity contribution in [3.8, 4) is 0 Å². The highest BCUT2D eigenvalue weighted by Crippen LogP contribution is 2.26. The zero-order valence-electron chi connectivity index (χ0n) is 17.9. The van der Waals surface area contributed by atoms with Gasteiger partial charge in [0, 0.05) is 17.7 Å². The van der Waals surface area contributed by atoms with Gasteiger partial charge in [-0.1, -0.05) is 72.9 Å². The standard InChI is InChI=1S/C26H33NO/c1-8-10-13-23(9-2)16-17-26(28)27-25-15-12-11-14-24(25)21(6)18-20(5)22(7)19(3)4/h8-15,18H,1,6,16-17H2,2-5,7H3,(H,27,28)/b13-10-,20-18-,23-9+. The summed E-state index contributed by atoms with van der Waals surface area (Å²) in [5, 5.41) is 3.04. The Morgan fingerprint density at radius 1 is 1.11 bits per heavy atom. The van der Waals surface area contributed by atoms with Crippen LogP contribution in [0.15, 0.2) is 90.1 Å². The first-order valence-corrected chi connectivity index (χ1v) is 9.65. The van der Waals surface area contributed by atoms with Gasteiger partial charge in [-0.3, -0.25) is 4.79 Å². The third kappa shape index (κ3) is 7.40. The van der Waals surface area contributed by atoms with Crippen molar-refractivity contribution in [1.29, 1.82) is 0 Å². The number of hydrogen-bond donors (Lipinski definition) is 1. The van der Waals surface area contributed by atoms with Gasteiger partial charge in [0.25, 0.3) is 0 Å². The van der Waals surface area contributed by atoms with Crippen LogP contribution in [0, 0.1) is 0 Å². The average molecular weight is 376 g/mol. The number of hydrogen-bond acceptors (Lipinski definition) is 1. The fraction of sp³-hybridized carbons (Fsp3) is 0.269. The van der Waals surface area contributed by atoms with Gasteiger partial charge in [-0.25, -0.2) is 0 Å². The molecule has 1 rings (SSSR count). The Bertz CT molecular complexity index is 843. The second kappa shape index (κ2) is 11.8. The van der Waals surface area contributed by atoms with Crippen LogP contribution in [0.4, 0.5) is 5.69 Å². The van der Waals surface area contributed by atoms with Crippen LogP contribution in [-0.4, -0.2) is 5.91 Å². The van der Waals surface area contributed by atoms with Gasteiger partial charge in [0.15, 0.2) is 0 Å². The quantitative estimate of drug-likeness (QED) is 0.447. The Hall–Kier alpha value is -2.87. The summed E-state index contributed by atoms with van der Waals surface area (Å²) in [6, 6.07) is 7.80. The van der Waals surface area contributed by atoms with Crippen LogP contribution < -0.4 is 5.32 Å². The summed E-state index contributed by atoms with van der Waals surface area (Å²) in [6.45, 7) is 18.3. The normalized spacial score (nSPS) is 12.0. The van der Waals surface area contributed by atoms with Gasteiger partial charge in [-0.15, -0.1) is 0 Å². The molecule has 1 amide bonds. The Morgan fingerprint density at radius 2 is 1.79 bits per heavy atom. The molecule has 0 fully saturated rings. The molecule has 0 radical (unpaired) electrons. The van der Waals surface area contributed by atoms with E-state index in [9.17, 15) is 4.79 Å². The minimum absolute atomic E-state index is 0.00668. The second-order valence-corrected chi connectivity index (χ2v) is 7.03. The SMILES string of the molecule is C=C/C=C\C(=C/C)CCC(=O)Nc1ccccc1C(=C)/C=C(/C)C(C)=C(C)C. The minimum Gasteiger partial charge on any atom is -0.326 e. The molecule has 0 spiro atoms. The number of benzene rings is 1. The summed E-state index contributed by atoms with van der Waals surface area (Å²) in [5.74, 6) is -0.00668. The van der Waals surface area contributed by atoms with E-state index < -0.39 is 0 Å². The van der Waals surface area contributed by atoms with E-state index in [1.807, 2.05) is 49.4 Å². The van der Waals surface area contributed by atoms with E-state index in [1.165, 1.54) is 16.7 Å². The molecule has 1 aromatic rings. The van der Waals surface area contributed by atoms with Gasteiger partial charge in [-0.05, 0) is 63.8 Å². The molecule has 0 bridgehead atoms. The number of carbonyl (C=O) groups is 1. The predicted molar refractivity (Wildman–Crippen MR) is 124 cm³/mol. The molecule has 0 aliphatic rings. The molecule has 0 heterocycles. The Balaban J connectivity index is 2.92. The summed E-state index contributed by atoms with van der Waals surface area (Å²) in [7, 11) is 0. The van der Waals surface area contributed by atoms with Crippen LogP contribution in [0.2, 0.25) is 0 Å². The fourth-order valence-electron chi connectivity index (χ4n) is 2.70. The zero-order valence-corrected chi connectivity index (χ0v) is 17.9. The smallest absolute Gasteiger partial charge is 0.224 e. The van der Waals surface area contributed by atoms with E-state index in [-0.39, 0.29) is 5.91 Å². The predicted octanol–water partition coefficient (Wildman–Crippen LogP) is 7.41. The number of rotatable bonds is 9. The largest absolute Gasteiger partial charge is 0.326 e. The maximum absolute atomic E-state index is 12.5.